The highest BCUT2D eigenvalue weighted by molar-refractivity contribution is 6.06. The van der Waals surface area contributed by atoms with Crippen molar-refractivity contribution < 1.29 is 14.4 Å². The molecule has 0 spiro atoms. The van der Waals surface area contributed by atoms with Crippen LogP contribution < -0.4 is 5.32 Å². The fourth-order valence-electron chi connectivity index (χ4n) is 2.56. The molecule has 1 aliphatic heterocycles. The van der Waals surface area contributed by atoms with Crippen LogP contribution in [0.15, 0.2) is 0 Å². The third kappa shape index (κ3) is 6.27. The predicted molar refractivity (Wildman–Crippen MR) is 81.9 cm³/mol. The van der Waals surface area contributed by atoms with E-state index in [2.05, 4.69) is 19.2 Å². The van der Waals surface area contributed by atoms with Crippen molar-refractivity contribution in [3.8, 4) is 0 Å². The smallest absolute Gasteiger partial charge is 0.324 e. The van der Waals surface area contributed by atoms with Crippen molar-refractivity contribution in [2.75, 3.05) is 6.54 Å². The lowest BCUT2D eigenvalue weighted by Crippen LogP contribution is -2.50. The van der Waals surface area contributed by atoms with E-state index >= 15 is 0 Å². The third-order valence-electron chi connectivity index (χ3n) is 3.90. The molecular formula is C16H28N2O3. The van der Waals surface area contributed by atoms with Gasteiger partial charge in [-0.05, 0) is 12.8 Å². The topological polar surface area (TPSA) is 66.5 Å². The fraction of sp³-hybridized carbons (Fsp3) is 0.812. The van der Waals surface area contributed by atoms with Crippen molar-refractivity contribution in [2.24, 2.45) is 0 Å². The summed E-state index contributed by atoms with van der Waals surface area (Å²) in [6.07, 6.45) is 7.64. The Morgan fingerprint density at radius 1 is 1.14 bits per heavy atom. The first-order valence-electron chi connectivity index (χ1n) is 8.21. The minimum absolute atomic E-state index is 0.0745. The first-order chi connectivity index (χ1) is 10.1. The minimum Gasteiger partial charge on any atom is -0.335 e. The first-order valence-corrected chi connectivity index (χ1v) is 8.21. The molecule has 1 saturated heterocycles. The molecule has 0 saturated carbocycles. The standard InChI is InChI=1S/C16H28N2O3/c1-3-5-7-9-13(8-6-4-2)17-16(21)18-11-10-14(19)12-15(18)20/h13H,3-12H2,1-2H3,(H,17,21). The second-order valence-corrected chi connectivity index (χ2v) is 5.80. The van der Waals surface area contributed by atoms with Crippen LogP contribution in [0.25, 0.3) is 0 Å². The van der Waals surface area contributed by atoms with Gasteiger partial charge in [0, 0.05) is 19.0 Å². The van der Waals surface area contributed by atoms with Gasteiger partial charge in [0.1, 0.15) is 5.78 Å². The number of carbonyl (C=O) groups excluding carboxylic acids is 3. The van der Waals surface area contributed by atoms with Crippen LogP contribution in [0.1, 0.15) is 71.6 Å². The second-order valence-electron chi connectivity index (χ2n) is 5.80. The van der Waals surface area contributed by atoms with Gasteiger partial charge in [-0.25, -0.2) is 4.79 Å². The van der Waals surface area contributed by atoms with E-state index in [9.17, 15) is 14.4 Å². The van der Waals surface area contributed by atoms with E-state index in [-0.39, 0.29) is 43.1 Å². The van der Waals surface area contributed by atoms with Crippen molar-refractivity contribution in [1.29, 1.82) is 0 Å². The summed E-state index contributed by atoms with van der Waals surface area (Å²) in [4.78, 5) is 36.3. The Morgan fingerprint density at radius 2 is 1.81 bits per heavy atom. The number of nitrogens with zero attached hydrogens (tertiary/aromatic N) is 1. The van der Waals surface area contributed by atoms with E-state index in [0.717, 1.165) is 44.9 Å². The molecule has 1 fully saturated rings. The molecule has 5 nitrogen and oxygen atoms in total. The van der Waals surface area contributed by atoms with Crippen molar-refractivity contribution in [3.63, 3.8) is 0 Å². The Balaban J connectivity index is 2.49. The van der Waals surface area contributed by atoms with Gasteiger partial charge in [-0.2, -0.15) is 0 Å². The number of piperidine rings is 1. The van der Waals surface area contributed by atoms with E-state index in [0.29, 0.717) is 0 Å². The molecule has 1 atom stereocenters. The van der Waals surface area contributed by atoms with Gasteiger partial charge >= 0.3 is 6.03 Å². The van der Waals surface area contributed by atoms with Crippen LogP contribution in [0.3, 0.4) is 0 Å². The summed E-state index contributed by atoms with van der Waals surface area (Å²) in [5.41, 5.74) is 0. The summed E-state index contributed by atoms with van der Waals surface area (Å²) < 4.78 is 0. The molecule has 0 aromatic heterocycles. The Labute approximate surface area is 127 Å². The van der Waals surface area contributed by atoms with Crippen LogP contribution in [0, 0.1) is 0 Å². The maximum absolute atomic E-state index is 12.2. The third-order valence-corrected chi connectivity index (χ3v) is 3.90. The molecule has 1 heterocycles. The summed E-state index contributed by atoms with van der Waals surface area (Å²) in [5, 5.41) is 2.98. The van der Waals surface area contributed by atoms with Crippen LogP contribution in [0.5, 0.6) is 0 Å². The number of hydrogen-bond donors (Lipinski definition) is 1. The number of rotatable bonds is 8. The van der Waals surface area contributed by atoms with Gasteiger partial charge in [0.25, 0.3) is 0 Å². The van der Waals surface area contributed by atoms with Gasteiger partial charge < -0.3 is 5.32 Å². The Bertz CT molecular complexity index is 369. The number of amides is 3. The number of likely N-dealkylation sites (tertiary alicyclic amines) is 1. The summed E-state index contributed by atoms with van der Waals surface area (Å²) in [6.45, 7) is 4.51. The van der Waals surface area contributed by atoms with Crippen LogP contribution in [-0.4, -0.2) is 35.2 Å². The monoisotopic (exact) mass is 296 g/mol. The zero-order valence-electron chi connectivity index (χ0n) is 13.3. The van der Waals surface area contributed by atoms with Crippen LogP contribution >= 0.6 is 0 Å². The van der Waals surface area contributed by atoms with E-state index < -0.39 is 0 Å². The average Bonchev–Trinajstić information content (AvgIpc) is 2.44. The average molecular weight is 296 g/mol. The van der Waals surface area contributed by atoms with E-state index in [1.54, 1.807) is 0 Å². The van der Waals surface area contributed by atoms with Crippen molar-refractivity contribution in [1.82, 2.24) is 10.2 Å². The zero-order valence-corrected chi connectivity index (χ0v) is 13.3. The van der Waals surface area contributed by atoms with Crippen molar-refractivity contribution >= 4 is 17.7 Å². The van der Waals surface area contributed by atoms with Gasteiger partial charge in [-0.15, -0.1) is 0 Å². The second kappa shape index (κ2) is 9.53. The molecular weight excluding hydrogens is 268 g/mol. The highest BCUT2D eigenvalue weighted by Crippen LogP contribution is 2.12. The summed E-state index contributed by atoms with van der Waals surface area (Å²) >= 11 is 0. The summed E-state index contributed by atoms with van der Waals surface area (Å²) in [5.74, 6) is -0.443. The Kier molecular flexibility index (Phi) is 8.01. The first kappa shape index (κ1) is 17.7. The number of urea groups is 1. The molecule has 1 N–H and O–H groups in total. The zero-order chi connectivity index (χ0) is 15.7. The lowest BCUT2D eigenvalue weighted by atomic mass is 10.0. The molecule has 5 heteroatoms. The normalized spacial score (nSPS) is 17.0. The van der Waals surface area contributed by atoms with Gasteiger partial charge in [0.2, 0.25) is 5.91 Å². The molecule has 0 bridgehead atoms. The molecule has 3 amide bonds. The number of nitrogens with one attached hydrogen (secondary N) is 1. The molecule has 0 radical (unpaired) electrons. The number of imide groups is 1. The number of hydrogen-bond acceptors (Lipinski definition) is 3. The molecule has 0 aromatic rings. The van der Waals surface area contributed by atoms with Gasteiger partial charge in [0.15, 0.2) is 0 Å². The van der Waals surface area contributed by atoms with Crippen LogP contribution in [0.2, 0.25) is 0 Å². The highest BCUT2D eigenvalue weighted by atomic mass is 16.2. The summed E-state index contributed by atoms with van der Waals surface area (Å²) in [7, 11) is 0. The Hall–Kier alpha value is -1.39. The van der Waals surface area contributed by atoms with Crippen molar-refractivity contribution in [2.45, 2.75) is 77.7 Å². The van der Waals surface area contributed by atoms with Gasteiger partial charge in [-0.1, -0.05) is 46.0 Å². The van der Waals surface area contributed by atoms with Crippen molar-refractivity contribution in [3.05, 3.63) is 0 Å². The lowest BCUT2D eigenvalue weighted by molar-refractivity contribution is -0.136. The lowest BCUT2D eigenvalue weighted by Gasteiger charge is -2.27. The highest BCUT2D eigenvalue weighted by Gasteiger charge is 2.29. The molecule has 0 aliphatic carbocycles. The van der Waals surface area contributed by atoms with E-state index in [1.165, 1.54) is 4.90 Å². The largest absolute Gasteiger partial charge is 0.335 e. The quantitative estimate of drug-likeness (QED) is 0.553. The molecule has 120 valence electrons. The van der Waals surface area contributed by atoms with E-state index in [4.69, 9.17) is 0 Å². The summed E-state index contributed by atoms with van der Waals surface area (Å²) in [6, 6.07) is -0.195. The maximum Gasteiger partial charge on any atom is 0.324 e. The molecule has 1 aliphatic rings. The molecule has 21 heavy (non-hydrogen) atoms. The SMILES string of the molecule is CCCCCC(CCCC)NC(=O)N1CCC(=O)CC1=O. The van der Waals surface area contributed by atoms with Gasteiger partial charge in [-0.3, -0.25) is 14.5 Å². The Morgan fingerprint density at radius 3 is 2.43 bits per heavy atom. The molecule has 1 unspecified atom stereocenters. The van der Waals surface area contributed by atoms with Gasteiger partial charge in [0.05, 0.1) is 6.42 Å². The van der Waals surface area contributed by atoms with Crippen LogP contribution in [0.4, 0.5) is 4.79 Å². The number of ketones is 1. The molecule has 1 rings (SSSR count). The predicted octanol–water partition coefficient (Wildman–Crippen LogP) is 3.03. The maximum atomic E-state index is 12.2. The number of Topliss-reactive ketones (excluding diaryl/α,β-unsaturated/α-hetero) is 1. The molecule has 0 aromatic carbocycles. The van der Waals surface area contributed by atoms with E-state index in [1.807, 2.05) is 0 Å². The fourth-order valence-corrected chi connectivity index (χ4v) is 2.56. The number of carbonyl (C=O) groups is 3. The minimum atomic E-state index is -0.369. The van der Waals surface area contributed by atoms with Crippen LogP contribution in [-0.2, 0) is 9.59 Å². The number of unbranched alkanes of at least 4 members (excludes halogenated alkanes) is 3.